The Hall–Kier alpha value is -1.35. The molecule has 0 saturated heterocycles. The summed E-state index contributed by atoms with van der Waals surface area (Å²) in [7, 11) is 1.49. The van der Waals surface area contributed by atoms with E-state index in [0.717, 1.165) is 5.57 Å². The van der Waals surface area contributed by atoms with Crippen molar-refractivity contribution in [2.24, 2.45) is 5.92 Å². The molecule has 3 nitrogen and oxygen atoms in total. The average molecular weight is 163 g/mol. The van der Waals surface area contributed by atoms with Crippen LogP contribution in [0.15, 0.2) is 36.1 Å². The second-order valence-electron chi connectivity index (χ2n) is 2.70. The van der Waals surface area contributed by atoms with E-state index in [1.54, 1.807) is 6.20 Å². The molecule has 0 aromatic heterocycles. The quantitative estimate of drug-likeness (QED) is 0.577. The zero-order valence-electron chi connectivity index (χ0n) is 6.73. The van der Waals surface area contributed by atoms with E-state index < -0.39 is 0 Å². The lowest BCUT2D eigenvalue weighted by molar-refractivity contribution is -0.160. The van der Waals surface area contributed by atoms with Gasteiger partial charge < -0.3 is 0 Å². The summed E-state index contributed by atoms with van der Waals surface area (Å²) in [6.07, 6.45) is 9.29. The van der Waals surface area contributed by atoms with Crippen molar-refractivity contribution in [1.29, 1.82) is 0 Å². The van der Waals surface area contributed by atoms with E-state index in [9.17, 15) is 4.79 Å². The van der Waals surface area contributed by atoms with E-state index in [2.05, 4.69) is 0 Å². The molecule has 1 unspecified atom stereocenters. The van der Waals surface area contributed by atoms with E-state index in [-0.39, 0.29) is 11.8 Å². The zero-order valence-corrected chi connectivity index (χ0v) is 6.73. The van der Waals surface area contributed by atoms with Crippen molar-refractivity contribution in [2.75, 3.05) is 7.11 Å². The first-order valence-corrected chi connectivity index (χ1v) is 3.76. The Kier molecular flexibility index (Phi) is 1.59. The first-order chi connectivity index (χ1) is 5.83. The van der Waals surface area contributed by atoms with Gasteiger partial charge in [0.15, 0.2) is 0 Å². The van der Waals surface area contributed by atoms with Crippen molar-refractivity contribution in [3.63, 3.8) is 0 Å². The third-order valence-electron chi connectivity index (χ3n) is 2.01. The smallest absolute Gasteiger partial charge is 0.261 e. The number of hydrogen-bond acceptors (Lipinski definition) is 2. The Bertz CT molecular complexity index is 302. The van der Waals surface area contributed by atoms with Crippen LogP contribution < -0.4 is 0 Å². The molecule has 2 aliphatic rings. The normalized spacial score (nSPS) is 26.1. The number of allylic oxidation sites excluding steroid dienone is 3. The molecule has 0 fully saturated rings. The van der Waals surface area contributed by atoms with Gasteiger partial charge in [0.25, 0.3) is 5.91 Å². The van der Waals surface area contributed by atoms with Crippen LogP contribution in [0, 0.1) is 5.92 Å². The van der Waals surface area contributed by atoms with Crippen LogP contribution in [0.1, 0.15) is 0 Å². The van der Waals surface area contributed by atoms with Gasteiger partial charge in [0.05, 0.1) is 13.0 Å². The maximum absolute atomic E-state index is 11.4. The number of hydroxylamine groups is 2. The fraction of sp³-hybridized carbons (Fsp3) is 0.222. The predicted molar refractivity (Wildman–Crippen MR) is 43.7 cm³/mol. The molecule has 0 bridgehead atoms. The monoisotopic (exact) mass is 163 g/mol. The molecule has 0 saturated carbocycles. The third-order valence-corrected chi connectivity index (χ3v) is 2.01. The Morgan fingerprint density at radius 3 is 3.00 bits per heavy atom. The molecule has 1 atom stereocenters. The fourth-order valence-electron chi connectivity index (χ4n) is 1.38. The second kappa shape index (κ2) is 2.60. The van der Waals surface area contributed by atoms with Crippen molar-refractivity contribution in [3.05, 3.63) is 36.1 Å². The van der Waals surface area contributed by atoms with Crippen LogP contribution in [0.2, 0.25) is 0 Å². The zero-order chi connectivity index (χ0) is 8.55. The summed E-state index contributed by atoms with van der Waals surface area (Å²) in [5, 5.41) is 1.26. The summed E-state index contributed by atoms with van der Waals surface area (Å²) >= 11 is 0. The fourth-order valence-corrected chi connectivity index (χ4v) is 1.38. The molecule has 0 N–H and O–H groups in total. The highest BCUT2D eigenvalue weighted by Crippen LogP contribution is 2.27. The first kappa shape index (κ1) is 7.31. The van der Waals surface area contributed by atoms with Gasteiger partial charge in [-0.2, -0.15) is 5.06 Å². The molecule has 12 heavy (non-hydrogen) atoms. The molecular formula is C9H9NO2. The SMILES string of the molecule is CON1C=C2C=CC=CC2C1=O. The number of rotatable bonds is 1. The number of amides is 1. The molecule has 0 spiro atoms. The molecule has 0 aromatic rings. The first-order valence-electron chi connectivity index (χ1n) is 3.76. The lowest BCUT2D eigenvalue weighted by Gasteiger charge is -2.11. The molecule has 1 aliphatic carbocycles. The van der Waals surface area contributed by atoms with E-state index in [1.807, 2.05) is 24.3 Å². The van der Waals surface area contributed by atoms with Crippen LogP contribution in [0.25, 0.3) is 0 Å². The summed E-state index contributed by atoms with van der Waals surface area (Å²) in [6.45, 7) is 0. The van der Waals surface area contributed by atoms with E-state index in [4.69, 9.17) is 4.84 Å². The molecule has 2 rings (SSSR count). The Labute approximate surface area is 70.6 Å². The molecule has 1 aliphatic heterocycles. The van der Waals surface area contributed by atoms with Gasteiger partial charge in [0, 0.05) is 6.20 Å². The largest absolute Gasteiger partial charge is 0.271 e. The van der Waals surface area contributed by atoms with Gasteiger partial charge in [-0.1, -0.05) is 24.3 Å². The molecule has 1 heterocycles. The minimum Gasteiger partial charge on any atom is -0.271 e. The predicted octanol–water partition coefficient (Wildman–Crippen LogP) is 1.02. The van der Waals surface area contributed by atoms with Gasteiger partial charge in [0.1, 0.15) is 0 Å². The van der Waals surface area contributed by atoms with Gasteiger partial charge in [-0.3, -0.25) is 9.63 Å². The van der Waals surface area contributed by atoms with E-state index >= 15 is 0 Å². The number of hydrogen-bond donors (Lipinski definition) is 0. The van der Waals surface area contributed by atoms with Crippen molar-refractivity contribution < 1.29 is 9.63 Å². The van der Waals surface area contributed by atoms with Crippen molar-refractivity contribution in [1.82, 2.24) is 5.06 Å². The van der Waals surface area contributed by atoms with Crippen LogP contribution in [0.4, 0.5) is 0 Å². The minimum atomic E-state index is -0.130. The number of carbonyl (C=O) groups is 1. The average Bonchev–Trinajstić information content (AvgIpc) is 2.44. The maximum Gasteiger partial charge on any atom is 0.261 e. The summed E-state index contributed by atoms with van der Waals surface area (Å²) in [4.78, 5) is 16.3. The maximum atomic E-state index is 11.4. The Morgan fingerprint density at radius 2 is 2.33 bits per heavy atom. The van der Waals surface area contributed by atoms with Crippen LogP contribution in [-0.4, -0.2) is 18.1 Å². The highest BCUT2D eigenvalue weighted by molar-refractivity contribution is 5.88. The van der Waals surface area contributed by atoms with Crippen LogP contribution in [0.5, 0.6) is 0 Å². The summed E-state index contributed by atoms with van der Waals surface area (Å²) in [5.74, 6) is -0.150. The highest BCUT2D eigenvalue weighted by atomic mass is 16.7. The van der Waals surface area contributed by atoms with Crippen molar-refractivity contribution in [2.45, 2.75) is 0 Å². The third kappa shape index (κ3) is 0.905. The number of nitrogens with zero attached hydrogens (tertiary/aromatic N) is 1. The standard InChI is InChI=1S/C9H9NO2/c1-12-10-6-7-4-2-3-5-8(7)9(10)11/h2-6,8H,1H3. The molecular weight excluding hydrogens is 154 g/mol. The minimum absolute atomic E-state index is 0.0203. The van der Waals surface area contributed by atoms with E-state index in [1.165, 1.54) is 12.2 Å². The highest BCUT2D eigenvalue weighted by Gasteiger charge is 2.31. The topological polar surface area (TPSA) is 29.5 Å². The van der Waals surface area contributed by atoms with Crippen LogP contribution >= 0.6 is 0 Å². The van der Waals surface area contributed by atoms with Gasteiger partial charge in [-0.05, 0) is 5.57 Å². The lowest BCUT2D eigenvalue weighted by Crippen LogP contribution is -2.24. The summed E-state index contributed by atoms with van der Waals surface area (Å²) < 4.78 is 0. The second-order valence-corrected chi connectivity index (χ2v) is 2.70. The summed E-state index contributed by atoms with van der Waals surface area (Å²) in [5.41, 5.74) is 0.990. The Morgan fingerprint density at radius 1 is 1.50 bits per heavy atom. The molecule has 0 radical (unpaired) electrons. The van der Waals surface area contributed by atoms with Crippen molar-refractivity contribution >= 4 is 5.91 Å². The van der Waals surface area contributed by atoms with Crippen molar-refractivity contribution in [3.8, 4) is 0 Å². The molecule has 0 aromatic carbocycles. The molecule has 62 valence electrons. The van der Waals surface area contributed by atoms with Crippen LogP contribution in [0.3, 0.4) is 0 Å². The van der Waals surface area contributed by atoms with Gasteiger partial charge in [-0.15, -0.1) is 0 Å². The number of carbonyl (C=O) groups excluding carboxylic acids is 1. The summed E-state index contributed by atoms with van der Waals surface area (Å²) in [6, 6.07) is 0. The Balaban J connectivity index is 2.32. The molecule has 3 heteroatoms. The lowest BCUT2D eigenvalue weighted by atomic mass is 9.97. The van der Waals surface area contributed by atoms with Gasteiger partial charge in [0.2, 0.25) is 0 Å². The number of fused-ring (bicyclic) bond motifs is 1. The van der Waals surface area contributed by atoms with Crippen LogP contribution in [-0.2, 0) is 9.63 Å². The van der Waals surface area contributed by atoms with Gasteiger partial charge in [-0.25, -0.2) is 0 Å². The molecule has 1 amide bonds. The van der Waals surface area contributed by atoms with Gasteiger partial charge >= 0.3 is 0 Å². The van der Waals surface area contributed by atoms with E-state index in [0.29, 0.717) is 0 Å².